The highest BCUT2D eigenvalue weighted by Gasteiger charge is 2.15. The van der Waals surface area contributed by atoms with Gasteiger partial charge in [0.2, 0.25) is 10.0 Å². The van der Waals surface area contributed by atoms with Gasteiger partial charge in [-0.25, -0.2) is 13.1 Å². The van der Waals surface area contributed by atoms with Crippen molar-refractivity contribution in [2.45, 2.75) is 26.7 Å². The fourth-order valence-electron chi connectivity index (χ4n) is 1.62. The number of carbonyl (C=O) groups is 1. The number of nitrogens with two attached hydrogens (primary N) is 1. The van der Waals surface area contributed by atoms with Gasteiger partial charge in [0.1, 0.15) is 6.61 Å². The Morgan fingerprint density at radius 2 is 2.00 bits per heavy atom. The van der Waals surface area contributed by atoms with E-state index in [1.54, 1.807) is 0 Å². The van der Waals surface area contributed by atoms with E-state index in [4.69, 9.17) is 10.5 Å². The van der Waals surface area contributed by atoms with Crippen LogP contribution in [0.15, 0.2) is 0 Å². The maximum absolute atomic E-state index is 11.5. The van der Waals surface area contributed by atoms with Gasteiger partial charge in [0, 0.05) is 13.0 Å². The van der Waals surface area contributed by atoms with E-state index in [0.29, 0.717) is 12.5 Å². The number of sulfonamides is 1. The van der Waals surface area contributed by atoms with Gasteiger partial charge in [-0.15, -0.1) is 0 Å². The molecule has 7 heteroatoms. The second-order valence-electron chi connectivity index (χ2n) is 4.82. The molecule has 0 aliphatic carbocycles. The normalized spacial score (nSPS) is 13.6. The van der Waals surface area contributed by atoms with E-state index in [-0.39, 0.29) is 31.5 Å². The molecule has 1 atom stereocenters. The molecule has 0 aromatic carbocycles. The van der Waals surface area contributed by atoms with Gasteiger partial charge in [-0.3, -0.25) is 4.79 Å². The van der Waals surface area contributed by atoms with Crippen molar-refractivity contribution in [1.82, 2.24) is 4.72 Å². The maximum Gasteiger partial charge on any atom is 0.306 e. The van der Waals surface area contributed by atoms with Crippen LogP contribution in [-0.2, 0) is 19.6 Å². The molecule has 0 aromatic heterocycles. The molecule has 3 N–H and O–H groups in total. The second-order valence-corrected chi connectivity index (χ2v) is 6.66. The van der Waals surface area contributed by atoms with E-state index < -0.39 is 10.0 Å². The van der Waals surface area contributed by atoms with Crippen molar-refractivity contribution in [3.05, 3.63) is 0 Å². The summed E-state index contributed by atoms with van der Waals surface area (Å²) in [5.74, 6) is 0.278. The van der Waals surface area contributed by atoms with Crippen molar-refractivity contribution in [2.75, 3.05) is 26.0 Å². The van der Waals surface area contributed by atoms with E-state index in [1.165, 1.54) is 0 Å². The highest BCUT2D eigenvalue weighted by atomic mass is 32.2. The van der Waals surface area contributed by atoms with Crippen molar-refractivity contribution < 1.29 is 17.9 Å². The standard InChI is InChI=1S/C11H24N2O4S/c1-9(2)6-10(8-12)7-11(14)17-5-4-13-18(3,15)16/h9-10,13H,4-8,12H2,1-3H3/t10-/m0/s1. The zero-order valence-electron chi connectivity index (χ0n) is 11.3. The molecular weight excluding hydrogens is 256 g/mol. The lowest BCUT2D eigenvalue weighted by Crippen LogP contribution is -2.28. The lowest BCUT2D eigenvalue weighted by Gasteiger charge is -2.16. The van der Waals surface area contributed by atoms with Crippen LogP contribution < -0.4 is 10.5 Å². The number of nitrogens with one attached hydrogen (secondary N) is 1. The van der Waals surface area contributed by atoms with Crippen molar-refractivity contribution >= 4 is 16.0 Å². The first-order chi connectivity index (χ1) is 8.24. The zero-order chi connectivity index (χ0) is 14.2. The number of ether oxygens (including phenoxy) is 1. The van der Waals surface area contributed by atoms with Gasteiger partial charge in [0.15, 0.2) is 0 Å². The quantitative estimate of drug-likeness (QED) is 0.461. The molecule has 0 saturated carbocycles. The van der Waals surface area contributed by atoms with E-state index >= 15 is 0 Å². The highest BCUT2D eigenvalue weighted by molar-refractivity contribution is 7.88. The average molecular weight is 280 g/mol. The van der Waals surface area contributed by atoms with E-state index in [1.807, 2.05) is 0 Å². The molecule has 0 bridgehead atoms. The fraction of sp³-hybridized carbons (Fsp3) is 0.909. The van der Waals surface area contributed by atoms with Gasteiger partial charge in [-0.1, -0.05) is 13.8 Å². The lowest BCUT2D eigenvalue weighted by atomic mass is 9.94. The molecule has 0 aliphatic rings. The third-order valence-corrected chi connectivity index (χ3v) is 3.05. The molecule has 0 aromatic rings. The summed E-state index contributed by atoms with van der Waals surface area (Å²) in [4.78, 5) is 11.5. The summed E-state index contributed by atoms with van der Waals surface area (Å²) in [5, 5.41) is 0. The second kappa shape index (κ2) is 8.44. The van der Waals surface area contributed by atoms with E-state index in [0.717, 1.165) is 12.7 Å². The smallest absolute Gasteiger partial charge is 0.306 e. The van der Waals surface area contributed by atoms with Gasteiger partial charge < -0.3 is 10.5 Å². The first kappa shape index (κ1) is 17.3. The van der Waals surface area contributed by atoms with Gasteiger partial charge in [0.25, 0.3) is 0 Å². The molecule has 18 heavy (non-hydrogen) atoms. The molecule has 0 radical (unpaired) electrons. The van der Waals surface area contributed by atoms with Crippen LogP contribution in [0.4, 0.5) is 0 Å². The number of carbonyl (C=O) groups excluding carboxylic acids is 1. The average Bonchev–Trinajstić information content (AvgIpc) is 2.21. The Morgan fingerprint density at radius 1 is 1.39 bits per heavy atom. The molecule has 0 fully saturated rings. The minimum absolute atomic E-state index is 0.0465. The zero-order valence-corrected chi connectivity index (χ0v) is 12.1. The number of hydrogen-bond donors (Lipinski definition) is 2. The summed E-state index contributed by atoms with van der Waals surface area (Å²) >= 11 is 0. The summed E-state index contributed by atoms with van der Waals surface area (Å²) in [5.41, 5.74) is 5.58. The Bertz CT molecular complexity index is 341. The van der Waals surface area contributed by atoms with Crippen molar-refractivity contribution in [3.63, 3.8) is 0 Å². The molecule has 0 saturated heterocycles. The molecular formula is C11H24N2O4S. The van der Waals surface area contributed by atoms with Crippen LogP contribution in [0, 0.1) is 11.8 Å². The van der Waals surface area contributed by atoms with Crippen LogP contribution in [0.25, 0.3) is 0 Å². The van der Waals surface area contributed by atoms with Crippen LogP contribution in [0.5, 0.6) is 0 Å². The lowest BCUT2D eigenvalue weighted by molar-refractivity contribution is -0.144. The Labute approximate surface area is 109 Å². The Morgan fingerprint density at radius 3 is 2.44 bits per heavy atom. The van der Waals surface area contributed by atoms with Crippen LogP contribution in [0.3, 0.4) is 0 Å². The summed E-state index contributed by atoms with van der Waals surface area (Å²) in [6.45, 7) is 4.75. The van der Waals surface area contributed by atoms with E-state index in [2.05, 4.69) is 18.6 Å². The molecule has 0 unspecified atom stereocenters. The monoisotopic (exact) mass is 280 g/mol. The van der Waals surface area contributed by atoms with Crippen LogP contribution in [0.1, 0.15) is 26.7 Å². The molecule has 0 aliphatic heterocycles. The minimum atomic E-state index is -3.23. The minimum Gasteiger partial charge on any atom is -0.464 e. The van der Waals surface area contributed by atoms with Gasteiger partial charge in [-0.2, -0.15) is 0 Å². The largest absolute Gasteiger partial charge is 0.464 e. The Hall–Kier alpha value is -0.660. The number of esters is 1. The van der Waals surface area contributed by atoms with Gasteiger partial charge in [-0.05, 0) is 24.8 Å². The maximum atomic E-state index is 11.5. The van der Waals surface area contributed by atoms with Gasteiger partial charge in [0.05, 0.1) is 6.26 Å². The Balaban J connectivity index is 3.82. The predicted molar refractivity (Wildman–Crippen MR) is 70.4 cm³/mol. The molecule has 0 heterocycles. The van der Waals surface area contributed by atoms with Crippen molar-refractivity contribution in [2.24, 2.45) is 17.6 Å². The van der Waals surface area contributed by atoms with Crippen LogP contribution >= 0.6 is 0 Å². The van der Waals surface area contributed by atoms with Crippen molar-refractivity contribution in [1.29, 1.82) is 0 Å². The summed E-state index contributed by atoms with van der Waals surface area (Å²) in [7, 11) is -3.23. The fourth-order valence-corrected chi connectivity index (χ4v) is 2.07. The van der Waals surface area contributed by atoms with Crippen LogP contribution in [0.2, 0.25) is 0 Å². The molecule has 6 nitrogen and oxygen atoms in total. The summed E-state index contributed by atoms with van der Waals surface area (Å²) in [6, 6.07) is 0. The predicted octanol–water partition coefficient (Wildman–Crippen LogP) is 0.0899. The Kier molecular flexibility index (Phi) is 8.13. The molecule has 0 rings (SSSR count). The van der Waals surface area contributed by atoms with E-state index in [9.17, 15) is 13.2 Å². The SMILES string of the molecule is CC(C)C[C@H](CN)CC(=O)OCCNS(C)(=O)=O. The third kappa shape index (κ3) is 10.5. The number of hydrogen-bond acceptors (Lipinski definition) is 5. The highest BCUT2D eigenvalue weighted by Crippen LogP contribution is 2.14. The van der Waals surface area contributed by atoms with Crippen LogP contribution in [-0.4, -0.2) is 40.3 Å². The van der Waals surface area contributed by atoms with Gasteiger partial charge >= 0.3 is 5.97 Å². The third-order valence-electron chi connectivity index (χ3n) is 2.32. The van der Waals surface area contributed by atoms with Crippen molar-refractivity contribution in [3.8, 4) is 0 Å². The molecule has 0 spiro atoms. The first-order valence-electron chi connectivity index (χ1n) is 6.05. The number of rotatable bonds is 9. The summed E-state index contributed by atoms with van der Waals surface area (Å²) < 4.78 is 28.7. The summed E-state index contributed by atoms with van der Waals surface area (Å²) in [6.07, 6.45) is 2.22. The topological polar surface area (TPSA) is 98.5 Å². The molecule has 0 amide bonds. The first-order valence-corrected chi connectivity index (χ1v) is 7.94. The molecule has 108 valence electrons.